The predicted molar refractivity (Wildman–Crippen MR) is 77.4 cm³/mol. The molecule has 17 heavy (non-hydrogen) atoms. The van der Waals surface area contributed by atoms with Crippen LogP contribution in [0.4, 0.5) is 22.7 Å². The largest absolute Gasteiger partial charge is 0.397 e. The summed E-state index contributed by atoms with van der Waals surface area (Å²) in [5.74, 6) is 0. The first-order valence-corrected chi connectivity index (χ1v) is 6.03. The zero-order valence-corrected chi connectivity index (χ0v) is 11.1. The number of hydrogen-bond donors (Lipinski definition) is 3. The van der Waals surface area contributed by atoms with E-state index in [-0.39, 0.29) is 0 Å². The first kappa shape index (κ1) is 11.8. The zero-order valence-electron chi connectivity index (χ0n) is 9.50. The standard InChI is InChI=1S/C13H14BrN3/c1-8-4-9(14)6-11(5-8)17-10-2-3-12(15)13(16)7-10/h2-7,17H,15-16H2,1H3. The average molecular weight is 292 g/mol. The molecular weight excluding hydrogens is 278 g/mol. The van der Waals surface area contributed by atoms with Crippen molar-refractivity contribution in [2.45, 2.75) is 6.92 Å². The highest BCUT2D eigenvalue weighted by Crippen LogP contribution is 2.25. The summed E-state index contributed by atoms with van der Waals surface area (Å²) in [6, 6.07) is 11.7. The van der Waals surface area contributed by atoms with Gasteiger partial charge >= 0.3 is 0 Å². The van der Waals surface area contributed by atoms with Gasteiger partial charge in [0.15, 0.2) is 0 Å². The van der Waals surface area contributed by atoms with E-state index in [0.29, 0.717) is 11.4 Å². The molecule has 0 heterocycles. The Morgan fingerprint density at radius 3 is 2.35 bits per heavy atom. The zero-order chi connectivity index (χ0) is 12.4. The van der Waals surface area contributed by atoms with Crippen molar-refractivity contribution in [2.75, 3.05) is 16.8 Å². The quantitative estimate of drug-likeness (QED) is 0.740. The lowest BCUT2D eigenvalue weighted by atomic mass is 10.2. The second-order valence-electron chi connectivity index (χ2n) is 3.99. The lowest BCUT2D eigenvalue weighted by Gasteiger charge is -2.09. The van der Waals surface area contributed by atoms with Crippen LogP contribution in [0.5, 0.6) is 0 Å². The van der Waals surface area contributed by atoms with E-state index in [9.17, 15) is 0 Å². The molecule has 0 saturated carbocycles. The van der Waals surface area contributed by atoms with E-state index in [1.54, 1.807) is 6.07 Å². The Balaban J connectivity index is 2.28. The Kier molecular flexibility index (Phi) is 3.24. The van der Waals surface area contributed by atoms with E-state index >= 15 is 0 Å². The summed E-state index contributed by atoms with van der Waals surface area (Å²) in [6.07, 6.45) is 0. The summed E-state index contributed by atoms with van der Waals surface area (Å²) in [4.78, 5) is 0. The van der Waals surface area contributed by atoms with Gasteiger partial charge in [0.05, 0.1) is 11.4 Å². The summed E-state index contributed by atoms with van der Waals surface area (Å²) < 4.78 is 1.04. The summed E-state index contributed by atoms with van der Waals surface area (Å²) >= 11 is 3.47. The fourth-order valence-corrected chi connectivity index (χ4v) is 2.24. The Labute approximate surface area is 109 Å². The van der Waals surface area contributed by atoms with Crippen LogP contribution in [-0.2, 0) is 0 Å². The van der Waals surface area contributed by atoms with E-state index in [4.69, 9.17) is 11.5 Å². The molecule has 0 fully saturated rings. The van der Waals surface area contributed by atoms with Crippen molar-refractivity contribution in [1.29, 1.82) is 0 Å². The van der Waals surface area contributed by atoms with Crippen LogP contribution >= 0.6 is 15.9 Å². The fraction of sp³-hybridized carbons (Fsp3) is 0.0769. The molecular formula is C13H14BrN3. The molecule has 0 bridgehead atoms. The van der Waals surface area contributed by atoms with E-state index in [0.717, 1.165) is 15.8 Å². The van der Waals surface area contributed by atoms with Gasteiger partial charge in [0.25, 0.3) is 0 Å². The van der Waals surface area contributed by atoms with Gasteiger partial charge in [-0.1, -0.05) is 15.9 Å². The molecule has 2 aromatic rings. The monoisotopic (exact) mass is 291 g/mol. The van der Waals surface area contributed by atoms with Crippen LogP contribution < -0.4 is 16.8 Å². The molecule has 0 radical (unpaired) electrons. The van der Waals surface area contributed by atoms with E-state index in [1.807, 2.05) is 25.1 Å². The molecule has 0 spiro atoms. The van der Waals surface area contributed by atoms with E-state index in [1.165, 1.54) is 5.56 Å². The van der Waals surface area contributed by atoms with Crippen molar-refractivity contribution in [3.05, 3.63) is 46.4 Å². The molecule has 0 saturated heterocycles. The first-order valence-electron chi connectivity index (χ1n) is 5.24. The van der Waals surface area contributed by atoms with Crippen molar-refractivity contribution in [1.82, 2.24) is 0 Å². The maximum Gasteiger partial charge on any atom is 0.0568 e. The SMILES string of the molecule is Cc1cc(Br)cc(Nc2ccc(N)c(N)c2)c1. The highest BCUT2D eigenvalue weighted by atomic mass is 79.9. The Morgan fingerprint density at radius 2 is 1.71 bits per heavy atom. The molecule has 0 aromatic heterocycles. The Bertz CT molecular complexity index is 532. The molecule has 2 rings (SSSR count). The molecule has 3 nitrogen and oxygen atoms in total. The number of anilines is 4. The minimum absolute atomic E-state index is 0.585. The molecule has 0 atom stereocenters. The van der Waals surface area contributed by atoms with Crippen LogP contribution in [0.2, 0.25) is 0 Å². The van der Waals surface area contributed by atoms with Crippen molar-refractivity contribution < 1.29 is 0 Å². The van der Waals surface area contributed by atoms with Crippen LogP contribution in [0.1, 0.15) is 5.56 Å². The van der Waals surface area contributed by atoms with Crippen molar-refractivity contribution in [3.63, 3.8) is 0 Å². The number of nitrogen functional groups attached to an aromatic ring is 2. The molecule has 0 aliphatic rings. The van der Waals surface area contributed by atoms with Crippen LogP contribution in [0.15, 0.2) is 40.9 Å². The van der Waals surface area contributed by atoms with Gasteiger partial charge in [0.1, 0.15) is 0 Å². The smallest absolute Gasteiger partial charge is 0.0568 e. The predicted octanol–water partition coefficient (Wildman–Crippen LogP) is 3.67. The van der Waals surface area contributed by atoms with Gasteiger partial charge in [-0.2, -0.15) is 0 Å². The normalized spacial score (nSPS) is 10.2. The van der Waals surface area contributed by atoms with Gasteiger partial charge < -0.3 is 16.8 Å². The van der Waals surface area contributed by atoms with Gasteiger partial charge in [-0.25, -0.2) is 0 Å². The number of benzene rings is 2. The summed E-state index contributed by atoms with van der Waals surface area (Å²) in [6.45, 7) is 2.05. The summed E-state index contributed by atoms with van der Waals surface area (Å²) in [5.41, 5.74) is 15.7. The third-order valence-electron chi connectivity index (χ3n) is 2.42. The van der Waals surface area contributed by atoms with Gasteiger partial charge in [-0.3, -0.25) is 0 Å². The van der Waals surface area contributed by atoms with Crippen LogP contribution in [0.25, 0.3) is 0 Å². The van der Waals surface area contributed by atoms with Crippen molar-refractivity contribution in [2.24, 2.45) is 0 Å². The number of halogens is 1. The molecule has 5 N–H and O–H groups in total. The number of aryl methyl sites for hydroxylation is 1. The van der Waals surface area contributed by atoms with Gasteiger partial charge in [-0.05, 0) is 48.9 Å². The maximum absolute atomic E-state index is 5.76. The van der Waals surface area contributed by atoms with Crippen molar-refractivity contribution >= 4 is 38.7 Å². The number of nitrogens with two attached hydrogens (primary N) is 2. The van der Waals surface area contributed by atoms with Crippen molar-refractivity contribution in [3.8, 4) is 0 Å². The minimum atomic E-state index is 0.585. The third-order valence-corrected chi connectivity index (χ3v) is 2.88. The maximum atomic E-state index is 5.76. The number of hydrogen-bond acceptors (Lipinski definition) is 3. The van der Waals surface area contributed by atoms with E-state index in [2.05, 4.69) is 33.4 Å². The fourth-order valence-electron chi connectivity index (χ4n) is 1.63. The summed E-state index contributed by atoms with van der Waals surface area (Å²) in [5, 5.41) is 3.29. The van der Waals surface area contributed by atoms with Crippen LogP contribution in [-0.4, -0.2) is 0 Å². The van der Waals surface area contributed by atoms with Crippen LogP contribution in [0, 0.1) is 6.92 Å². The highest BCUT2D eigenvalue weighted by Gasteiger charge is 2.00. The van der Waals surface area contributed by atoms with Gasteiger partial charge in [0, 0.05) is 15.8 Å². The number of rotatable bonds is 2. The van der Waals surface area contributed by atoms with Gasteiger partial charge in [0.2, 0.25) is 0 Å². The topological polar surface area (TPSA) is 64.1 Å². The third kappa shape index (κ3) is 2.91. The summed E-state index contributed by atoms with van der Waals surface area (Å²) in [7, 11) is 0. The molecule has 4 heteroatoms. The van der Waals surface area contributed by atoms with Gasteiger partial charge in [-0.15, -0.1) is 0 Å². The first-order chi connectivity index (χ1) is 8.04. The molecule has 0 aliphatic carbocycles. The second kappa shape index (κ2) is 4.67. The molecule has 0 unspecified atom stereocenters. The molecule has 0 amide bonds. The Hall–Kier alpha value is -1.68. The molecule has 0 aliphatic heterocycles. The minimum Gasteiger partial charge on any atom is -0.397 e. The molecule has 88 valence electrons. The second-order valence-corrected chi connectivity index (χ2v) is 4.90. The lowest BCUT2D eigenvalue weighted by Crippen LogP contribution is -1.97. The highest BCUT2D eigenvalue weighted by molar-refractivity contribution is 9.10. The number of nitrogens with one attached hydrogen (secondary N) is 1. The Morgan fingerprint density at radius 1 is 0.941 bits per heavy atom. The lowest BCUT2D eigenvalue weighted by molar-refractivity contribution is 1.43. The van der Waals surface area contributed by atoms with E-state index < -0.39 is 0 Å². The average Bonchev–Trinajstić information content (AvgIpc) is 2.22. The van der Waals surface area contributed by atoms with Crippen LogP contribution in [0.3, 0.4) is 0 Å². The molecule has 2 aromatic carbocycles.